The van der Waals surface area contributed by atoms with Crippen molar-refractivity contribution in [3.63, 3.8) is 0 Å². The zero-order valence-electron chi connectivity index (χ0n) is 14.1. The maximum absolute atomic E-state index is 10.7. The van der Waals surface area contributed by atoms with Crippen LogP contribution in [0.3, 0.4) is 0 Å². The summed E-state index contributed by atoms with van der Waals surface area (Å²) in [6, 6.07) is 13.0. The lowest BCUT2D eigenvalue weighted by Gasteiger charge is -2.03. The molecule has 0 fully saturated rings. The van der Waals surface area contributed by atoms with Crippen LogP contribution in [0.1, 0.15) is 16.0 Å². The van der Waals surface area contributed by atoms with Crippen molar-refractivity contribution < 1.29 is 15.0 Å². The van der Waals surface area contributed by atoms with E-state index in [0.29, 0.717) is 10.0 Å². The number of aromatic hydroxyl groups is 1. The van der Waals surface area contributed by atoms with E-state index in [9.17, 15) is 9.90 Å². The number of aromatic nitrogens is 1. The summed E-state index contributed by atoms with van der Waals surface area (Å²) in [4.78, 5) is 19.8. The van der Waals surface area contributed by atoms with Crippen LogP contribution in [0.25, 0.3) is 12.2 Å². The molecule has 2 aromatic carbocycles. The zero-order valence-corrected chi connectivity index (χ0v) is 14.9. The molecule has 7 heteroatoms. The number of fused-ring (bicyclic) bond motifs is 1. The monoisotopic (exact) mass is 377 g/mol. The van der Waals surface area contributed by atoms with E-state index in [1.54, 1.807) is 30.5 Å². The van der Waals surface area contributed by atoms with Crippen LogP contribution < -0.4 is 15.9 Å². The van der Waals surface area contributed by atoms with Crippen LogP contribution in [0.2, 0.25) is 0 Å². The number of hydrogen-bond donors (Lipinski definition) is 3. The molecular weight excluding hydrogens is 362 g/mol. The largest absolute Gasteiger partial charge is 0.492 e. The second-order valence-corrected chi connectivity index (χ2v) is 7.04. The first-order chi connectivity index (χ1) is 13.1. The Morgan fingerprint density at radius 3 is 2.78 bits per heavy atom. The first-order valence-corrected chi connectivity index (χ1v) is 9.02. The molecule has 0 saturated carbocycles. The number of hydrogen-bond acceptors (Lipinski definition) is 6. The summed E-state index contributed by atoms with van der Waals surface area (Å²) in [5.74, 6) is -0.901. The third-order valence-electron chi connectivity index (χ3n) is 4.01. The van der Waals surface area contributed by atoms with Crippen LogP contribution in [-0.4, -0.2) is 21.2 Å². The quantitative estimate of drug-likeness (QED) is 0.635. The van der Waals surface area contributed by atoms with Gasteiger partial charge in [0.25, 0.3) is 0 Å². The van der Waals surface area contributed by atoms with Gasteiger partial charge in [0.15, 0.2) is 5.13 Å². The van der Waals surface area contributed by atoms with Crippen molar-refractivity contribution in [2.45, 2.75) is 6.42 Å². The maximum Gasteiger partial charge on any atom is 0.307 e. The standard InChI is InChI=1S/C20H15N3O3S/c24-18(25)11-12-1-4-15(5-2-12)22-20-23-19(26)17(27-20)10-13-3-6-16-14(9-13)7-8-21-16/h1-10,26H,11H2,(H,22,23)(H,24,25). The van der Waals surface area contributed by atoms with Gasteiger partial charge in [-0.1, -0.05) is 29.5 Å². The van der Waals surface area contributed by atoms with Crippen LogP contribution in [0, 0.1) is 0 Å². The molecule has 1 aliphatic rings. The summed E-state index contributed by atoms with van der Waals surface area (Å²) in [7, 11) is 0. The Morgan fingerprint density at radius 2 is 2.00 bits per heavy atom. The van der Waals surface area contributed by atoms with Gasteiger partial charge in [-0.2, -0.15) is 4.98 Å². The summed E-state index contributed by atoms with van der Waals surface area (Å²) in [5, 5.41) is 24.5. The van der Waals surface area contributed by atoms with Gasteiger partial charge in [0.05, 0.1) is 16.7 Å². The topological polar surface area (TPSA) is 94.8 Å². The fourth-order valence-corrected chi connectivity index (χ4v) is 3.58. The molecule has 4 rings (SSSR count). The van der Waals surface area contributed by atoms with Gasteiger partial charge < -0.3 is 15.5 Å². The molecule has 3 N–H and O–H groups in total. The number of carboxylic acid groups (broad SMARTS) is 1. The maximum atomic E-state index is 10.7. The van der Waals surface area contributed by atoms with E-state index in [2.05, 4.69) is 15.3 Å². The number of nitrogens with one attached hydrogen (secondary N) is 1. The average molecular weight is 377 g/mol. The van der Waals surface area contributed by atoms with Gasteiger partial charge in [-0.05, 0) is 47.2 Å². The molecule has 2 heterocycles. The van der Waals surface area contributed by atoms with Crippen molar-refractivity contribution in [1.29, 1.82) is 0 Å². The van der Waals surface area contributed by atoms with Gasteiger partial charge in [0, 0.05) is 17.5 Å². The van der Waals surface area contributed by atoms with Crippen LogP contribution in [0.5, 0.6) is 5.88 Å². The van der Waals surface area contributed by atoms with Gasteiger partial charge in [-0.25, -0.2) is 0 Å². The van der Waals surface area contributed by atoms with Crippen LogP contribution in [0.4, 0.5) is 10.8 Å². The molecule has 3 aromatic rings. The smallest absolute Gasteiger partial charge is 0.307 e. The molecule has 0 atom stereocenters. The van der Waals surface area contributed by atoms with E-state index in [1.165, 1.54) is 11.3 Å². The Bertz CT molecular complexity index is 1160. The minimum atomic E-state index is -0.864. The molecule has 0 unspecified atom stereocenters. The minimum Gasteiger partial charge on any atom is -0.492 e. The van der Waals surface area contributed by atoms with E-state index < -0.39 is 5.97 Å². The van der Waals surface area contributed by atoms with Crippen molar-refractivity contribution in [3.8, 4) is 5.88 Å². The Balaban J connectivity index is 1.55. The number of carboxylic acids is 1. The highest BCUT2D eigenvalue weighted by molar-refractivity contribution is 7.16. The van der Waals surface area contributed by atoms with Crippen molar-refractivity contribution >= 4 is 40.3 Å². The highest BCUT2D eigenvalue weighted by Gasteiger charge is 2.09. The summed E-state index contributed by atoms with van der Waals surface area (Å²) < 4.78 is 0. The number of thiazole rings is 1. The van der Waals surface area contributed by atoms with Gasteiger partial charge in [0.1, 0.15) is 0 Å². The Morgan fingerprint density at radius 1 is 1.19 bits per heavy atom. The van der Waals surface area contributed by atoms with Crippen molar-refractivity contribution in [2.24, 2.45) is 4.99 Å². The molecule has 6 nitrogen and oxygen atoms in total. The normalized spacial score (nSPS) is 12.7. The molecule has 27 heavy (non-hydrogen) atoms. The van der Waals surface area contributed by atoms with E-state index in [4.69, 9.17) is 5.11 Å². The lowest BCUT2D eigenvalue weighted by molar-refractivity contribution is -0.136. The molecule has 0 spiro atoms. The third-order valence-corrected chi connectivity index (χ3v) is 4.92. The molecule has 0 bridgehead atoms. The fraction of sp³-hybridized carbons (Fsp3) is 0.0500. The molecule has 0 amide bonds. The summed E-state index contributed by atoms with van der Waals surface area (Å²) in [5.41, 5.74) is 2.54. The average Bonchev–Trinajstić information content (AvgIpc) is 3.22. The fourth-order valence-electron chi connectivity index (χ4n) is 2.74. The molecule has 1 aliphatic heterocycles. The number of anilines is 2. The lowest BCUT2D eigenvalue weighted by atomic mass is 10.1. The first-order valence-electron chi connectivity index (χ1n) is 8.20. The Kier molecular flexibility index (Phi) is 4.43. The number of carbonyl (C=O) groups is 1. The van der Waals surface area contributed by atoms with E-state index in [-0.39, 0.29) is 12.3 Å². The van der Waals surface area contributed by atoms with Gasteiger partial charge in [-0.15, -0.1) is 0 Å². The molecular formula is C20H15N3O3S. The zero-order chi connectivity index (χ0) is 18.8. The molecule has 0 saturated heterocycles. The predicted octanol–water partition coefficient (Wildman–Crippen LogP) is 2.65. The van der Waals surface area contributed by atoms with Crippen LogP contribution in [0.15, 0.2) is 53.7 Å². The van der Waals surface area contributed by atoms with E-state index in [1.807, 2.05) is 30.4 Å². The van der Waals surface area contributed by atoms with E-state index in [0.717, 1.165) is 27.4 Å². The number of benzene rings is 2. The minimum absolute atomic E-state index is 0.0132. The summed E-state index contributed by atoms with van der Waals surface area (Å²) in [6.45, 7) is 0. The SMILES string of the molecule is O=C(O)Cc1ccc(Nc2nc(O)c(C=c3ccc4c(c3)C=CN=4)s2)cc1. The van der Waals surface area contributed by atoms with Crippen molar-refractivity contribution in [3.05, 3.63) is 75.2 Å². The Labute approximate surface area is 158 Å². The molecule has 0 radical (unpaired) electrons. The molecule has 134 valence electrons. The highest BCUT2D eigenvalue weighted by Crippen LogP contribution is 2.30. The van der Waals surface area contributed by atoms with Gasteiger partial charge >= 0.3 is 5.97 Å². The first kappa shape index (κ1) is 17.0. The second-order valence-electron chi connectivity index (χ2n) is 6.01. The van der Waals surface area contributed by atoms with Crippen LogP contribution in [-0.2, 0) is 11.2 Å². The summed E-state index contributed by atoms with van der Waals surface area (Å²) in [6.07, 6.45) is 5.57. The summed E-state index contributed by atoms with van der Waals surface area (Å²) >= 11 is 1.33. The van der Waals surface area contributed by atoms with Gasteiger partial charge in [-0.3, -0.25) is 9.79 Å². The molecule has 0 aliphatic carbocycles. The van der Waals surface area contributed by atoms with Crippen LogP contribution >= 0.6 is 11.3 Å². The lowest BCUT2D eigenvalue weighted by Crippen LogP contribution is -2.09. The number of aliphatic carboxylic acids is 1. The van der Waals surface area contributed by atoms with Gasteiger partial charge in [0.2, 0.25) is 5.88 Å². The number of nitrogens with zero attached hydrogens (tertiary/aromatic N) is 2. The predicted molar refractivity (Wildman–Crippen MR) is 105 cm³/mol. The number of rotatable bonds is 5. The third kappa shape index (κ3) is 3.88. The van der Waals surface area contributed by atoms with E-state index >= 15 is 0 Å². The highest BCUT2D eigenvalue weighted by atomic mass is 32.1. The van der Waals surface area contributed by atoms with Crippen molar-refractivity contribution in [1.82, 2.24) is 4.98 Å². The Hall–Kier alpha value is -3.45. The second kappa shape index (κ2) is 7.05. The molecule has 1 aromatic heterocycles. The van der Waals surface area contributed by atoms with Crippen molar-refractivity contribution in [2.75, 3.05) is 5.32 Å².